The van der Waals surface area contributed by atoms with Gasteiger partial charge in [0.15, 0.2) is 0 Å². The molecule has 8 heteroatoms. The summed E-state index contributed by atoms with van der Waals surface area (Å²) in [5, 5.41) is 7.77. The van der Waals surface area contributed by atoms with Gasteiger partial charge in [-0.25, -0.2) is 0 Å². The molecule has 1 aliphatic rings. The standard InChI is InChI=1S/C22H22BrClN4O2/c1-14-12-18(6-7-19(14)23)25-22(29)16-8-10-28(11-9-16)13-20-26-21(27-30-20)15-2-4-17(24)5-3-15/h2-7,12,16H,8-11,13H2,1H3,(H,25,29). The van der Waals surface area contributed by atoms with Crippen molar-refractivity contribution in [2.75, 3.05) is 18.4 Å². The van der Waals surface area contributed by atoms with Gasteiger partial charge in [0.1, 0.15) is 0 Å². The summed E-state index contributed by atoms with van der Waals surface area (Å²) in [4.78, 5) is 19.3. The molecule has 30 heavy (non-hydrogen) atoms. The van der Waals surface area contributed by atoms with Crippen LogP contribution in [0.25, 0.3) is 11.4 Å². The number of hydrogen-bond acceptors (Lipinski definition) is 5. The van der Waals surface area contributed by atoms with Crippen LogP contribution >= 0.6 is 27.5 Å². The fourth-order valence-corrected chi connectivity index (χ4v) is 3.92. The molecular formula is C22H22BrClN4O2. The average Bonchev–Trinajstić information content (AvgIpc) is 3.20. The van der Waals surface area contributed by atoms with E-state index >= 15 is 0 Å². The van der Waals surface area contributed by atoms with Crippen LogP contribution in [0.15, 0.2) is 51.5 Å². The van der Waals surface area contributed by atoms with Crippen LogP contribution in [0.3, 0.4) is 0 Å². The lowest BCUT2D eigenvalue weighted by molar-refractivity contribution is -0.121. The minimum Gasteiger partial charge on any atom is -0.338 e. The first-order valence-electron chi connectivity index (χ1n) is 9.86. The number of piperidine rings is 1. The number of nitrogens with zero attached hydrogens (tertiary/aromatic N) is 3. The van der Waals surface area contributed by atoms with Crippen molar-refractivity contribution in [2.45, 2.75) is 26.3 Å². The number of nitrogens with one attached hydrogen (secondary N) is 1. The van der Waals surface area contributed by atoms with Crippen molar-refractivity contribution in [2.24, 2.45) is 5.92 Å². The van der Waals surface area contributed by atoms with Crippen molar-refractivity contribution in [3.63, 3.8) is 0 Å². The van der Waals surface area contributed by atoms with Crippen molar-refractivity contribution in [1.29, 1.82) is 0 Å². The van der Waals surface area contributed by atoms with Gasteiger partial charge in [-0.2, -0.15) is 4.98 Å². The number of aromatic nitrogens is 2. The number of carbonyl (C=O) groups excluding carboxylic acids is 1. The third-order valence-electron chi connectivity index (χ3n) is 5.31. The molecule has 1 aromatic heterocycles. The molecule has 156 valence electrons. The highest BCUT2D eigenvalue weighted by Crippen LogP contribution is 2.24. The van der Waals surface area contributed by atoms with E-state index in [2.05, 4.69) is 36.3 Å². The predicted octanol–water partition coefficient (Wildman–Crippen LogP) is 5.31. The minimum absolute atomic E-state index is 0.0116. The van der Waals surface area contributed by atoms with Crippen molar-refractivity contribution in [3.8, 4) is 11.4 Å². The zero-order chi connectivity index (χ0) is 21.1. The third-order valence-corrected chi connectivity index (χ3v) is 6.45. The Balaban J connectivity index is 1.29. The average molecular weight is 490 g/mol. The molecule has 0 aliphatic carbocycles. The van der Waals surface area contributed by atoms with Gasteiger partial charge >= 0.3 is 0 Å². The van der Waals surface area contributed by atoms with E-state index in [1.165, 1.54) is 0 Å². The van der Waals surface area contributed by atoms with E-state index < -0.39 is 0 Å². The Morgan fingerprint density at radius 2 is 1.97 bits per heavy atom. The van der Waals surface area contributed by atoms with Crippen molar-refractivity contribution in [3.05, 3.63) is 63.4 Å². The molecule has 0 saturated carbocycles. The van der Waals surface area contributed by atoms with Crippen LogP contribution in [0.5, 0.6) is 0 Å². The largest absolute Gasteiger partial charge is 0.338 e. The number of halogens is 2. The summed E-state index contributed by atoms with van der Waals surface area (Å²) in [5.74, 6) is 1.23. The van der Waals surface area contributed by atoms with Crippen LogP contribution in [-0.4, -0.2) is 34.0 Å². The molecule has 1 fully saturated rings. The molecule has 0 spiro atoms. The maximum Gasteiger partial charge on any atom is 0.241 e. The molecule has 0 atom stereocenters. The zero-order valence-electron chi connectivity index (χ0n) is 16.6. The van der Waals surface area contributed by atoms with Crippen molar-refractivity contribution < 1.29 is 9.32 Å². The number of amides is 1. The Kier molecular flexibility index (Phi) is 6.51. The molecule has 0 radical (unpaired) electrons. The van der Waals surface area contributed by atoms with E-state index in [1.54, 1.807) is 12.1 Å². The number of hydrogen-bond donors (Lipinski definition) is 1. The number of carbonyl (C=O) groups is 1. The summed E-state index contributed by atoms with van der Waals surface area (Å²) in [6.07, 6.45) is 1.61. The van der Waals surface area contributed by atoms with E-state index in [9.17, 15) is 4.79 Å². The van der Waals surface area contributed by atoms with Gasteiger partial charge in [-0.15, -0.1) is 0 Å². The molecule has 1 aliphatic heterocycles. The monoisotopic (exact) mass is 488 g/mol. The highest BCUT2D eigenvalue weighted by molar-refractivity contribution is 9.10. The number of anilines is 1. The quantitative estimate of drug-likeness (QED) is 0.526. The van der Waals surface area contributed by atoms with Gasteiger partial charge < -0.3 is 9.84 Å². The third kappa shape index (κ3) is 5.09. The number of aryl methyl sites for hydroxylation is 1. The summed E-state index contributed by atoms with van der Waals surface area (Å²) in [6.45, 7) is 4.22. The second kappa shape index (κ2) is 9.29. The van der Waals surface area contributed by atoms with Crippen LogP contribution in [0.2, 0.25) is 5.02 Å². The van der Waals surface area contributed by atoms with Gasteiger partial charge in [-0.1, -0.05) is 32.7 Å². The summed E-state index contributed by atoms with van der Waals surface area (Å²) in [7, 11) is 0. The molecule has 4 rings (SSSR count). The van der Waals surface area contributed by atoms with Crippen molar-refractivity contribution >= 4 is 39.1 Å². The van der Waals surface area contributed by atoms with Gasteiger partial charge in [0.05, 0.1) is 6.54 Å². The van der Waals surface area contributed by atoms with Crippen LogP contribution in [0, 0.1) is 12.8 Å². The Morgan fingerprint density at radius 3 is 2.67 bits per heavy atom. The van der Waals surface area contributed by atoms with Gasteiger partial charge in [-0.3, -0.25) is 9.69 Å². The van der Waals surface area contributed by atoms with E-state index in [0.29, 0.717) is 23.3 Å². The fourth-order valence-electron chi connectivity index (χ4n) is 3.55. The first-order valence-corrected chi connectivity index (χ1v) is 11.0. The molecule has 2 heterocycles. The lowest BCUT2D eigenvalue weighted by Gasteiger charge is -2.30. The summed E-state index contributed by atoms with van der Waals surface area (Å²) < 4.78 is 6.44. The Bertz CT molecular complexity index is 1030. The van der Waals surface area contributed by atoms with Gasteiger partial charge in [0, 0.05) is 26.7 Å². The van der Waals surface area contributed by atoms with Crippen LogP contribution in [0.4, 0.5) is 5.69 Å². The highest BCUT2D eigenvalue weighted by Gasteiger charge is 2.26. The fraction of sp³-hybridized carbons (Fsp3) is 0.318. The molecule has 0 unspecified atom stereocenters. The zero-order valence-corrected chi connectivity index (χ0v) is 18.9. The maximum atomic E-state index is 12.6. The van der Waals surface area contributed by atoms with E-state index in [-0.39, 0.29) is 11.8 Å². The second-order valence-corrected chi connectivity index (χ2v) is 8.81. The normalized spacial score (nSPS) is 15.3. The molecule has 6 nitrogen and oxygen atoms in total. The molecule has 1 amide bonds. The first kappa shape index (κ1) is 21.0. The molecule has 3 aromatic rings. The lowest BCUT2D eigenvalue weighted by atomic mass is 9.96. The summed E-state index contributed by atoms with van der Waals surface area (Å²) >= 11 is 9.41. The summed E-state index contributed by atoms with van der Waals surface area (Å²) in [6, 6.07) is 13.2. The van der Waals surface area contributed by atoms with Crippen LogP contribution in [-0.2, 0) is 11.3 Å². The molecule has 1 N–H and O–H groups in total. The second-order valence-electron chi connectivity index (χ2n) is 7.52. The van der Waals surface area contributed by atoms with E-state index in [1.807, 2.05) is 37.3 Å². The van der Waals surface area contributed by atoms with Crippen LogP contribution in [0.1, 0.15) is 24.3 Å². The number of benzene rings is 2. The number of likely N-dealkylation sites (tertiary alicyclic amines) is 1. The van der Waals surface area contributed by atoms with Gasteiger partial charge in [0.2, 0.25) is 17.6 Å². The highest BCUT2D eigenvalue weighted by atomic mass is 79.9. The van der Waals surface area contributed by atoms with Crippen molar-refractivity contribution in [1.82, 2.24) is 15.0 Å². The number of rotatable bonds is 5. The predicted molar refractivity (Wildman–Crippen MR) is 120 cm³/mol. The molecular weight excluding hydrogens is 468 g/mol. The Hall–Kier alpha value is -2.22. The maximum absolute atomic E-state index is 12.6. The minimum atomic E-state index is 0.0116. The SMILES string of the molecule is Cc1cc(NC(=O)C2CCN(Cc3nc(-c4ccc(Cl)cc4)no3)CC2)ccc1Br. The van der Waals surface area contributed by atoms with Crippen LogP contribution < -0.4 is 5.32 Å². The summed E-state index contributed by atoms with van der Waals surface area (Å²) in [5.41, 5.74) is 2.80. The van der Waals surface area contributed by atoms with E-state index in [4.69, 9.17) is 16.1 Å². The Morgan fingerprint density at radius 1 is 1.23 bits per heavy atom. The smallest absolute Gasteiger partial charge is 0.241 e. The first-order chi connectivity index (χ1) is 14.5. The topological polar surface area (TPSA) is 71.3 Å². The van der Waals surface area contributed by atoms with E-state index in [0.717, 1.165) is 47.2 Å². The van der Waals surface area contributed by atoms with Gasteiger partial charge in [-0.05, 0) is 80.9 Å². The molecule has 2 aromatic carbocycles. The Labute approximate surface area is 188 Å². The lowest BCUT2D eigenvalue weighted by Crippen LogP contribution is -2.37. The van der Waals surface area contributed by atoms with Gasteiger partial charge in [0.25, 0.3) is 0 Å². The molecule has 0 bridgehead atoms. The molecule has 1 saturated heterocycles.